The highest BCUT2D eigenvalue weighted by Gasteiger charge is 2.12. The van der Waals surface area contributed by atoms with Crippen LogP contribution in [-0.2, 0) is 6.42 Å². The third-order valence-electron chi connectivity index (χ3n) is 2.91. The van der Waals surface area contributed by atoms with E-state index in [-0.39, 0.29) is 17.2 Å². The largest absolute Gasteiger partial charge is 0.396 e. The van der Waals surface area contributed by atoms with Gasteiger partial charge in [0.05, 0.1) is 22.6 Å². The first-order valence-corrected chi connectivity index (χ1v) is 6.01. The van der Waals surface area contributed by atoms with Crippen LogP contribution in [-0.4, -0.2) is 26.2 Å². The molecule has 0 aliphatic carbocycles. The normalized spacial score (nSPS) is 10.6. The maximum Gasteiger partial charge on any atom is 0.274 e. The molecule has 0 aliphatic rings. The zero-order chi connectivity index (χ0) is 13.8. The summed E-state index contributed by atoms with van der Waals surface area (Å²) in [6.07, 6.45) is 4.80. The van der Waals surface area contributed by atoms with Gasteiger partial charge < -0.3 is 9.67 Å². The number of rotatable bonds is 5. The van der Waals surface area contributed by atoms with E-state index in [2.05, 4.69) is 4.98 Å². The second-order valence-corrected chi connectivity index (χ2v) is 4.33. The van der Waals surface area contributed by atoms with Gasteiger partial charge in [0, 0.05) is 24.4 Å². The molecule has 1 aromatic heterocycles. The molecular formula is C13H15N3O3. The van der Waals surface area contributed by atoms with Crippen molar-refractivity contribution in [1.29, 1.82) is 0 Å². The Hall–Kier alpha value is -2.21. The molecule has 0 spiro atoms. The molecule has 2 aromatic rings. The van der Waals surface area contributed by atoms with Crippen molar-refractivity contribution in [3.63, 3.8) is 0 Å². The summed E-state index contributed by atoms with van der Waals surface area (Å²) in [5.74, 6) is 0. The first kappa shape index (κ1) is 13.2. The number of benzene rings is 1. The summed E-state index contributed by atoms with van der Waals surface area (Å²) in [4.78, 5) is 14.7. The predicted molar refractivity (Wildman–Crippen MR) is 70.4 cm³/mol. The maximum absolute atomic E-state index is 10.9. The van der Waals surface area contributed by atoms with Crippen LogP contribution in [0, 0.1) is 17.0 Å². The summed E-state index contributed by atoms with van der Waals surface area (Å²) in [5.41, 5.74) is 2.30. The summed E-state index contributed by atoms with van der Waals surface area (Å²) in [6.45, 7) is 1.84. The Labute approximate surface area is 110 Å². The fraction of sp³-hybridized carbons (Fsp3) is 0.308. The van der Waals surface area contributed by atoms with Gasteiger partial charge in [-0.3, -0.25) is 10.1 Å². The maximum atomic E-state index is 10.9. The van der Waals surface area contributed by atoms with Crippen molar-refractivity contribution in [2.24, 2.45) is 0 Å². The van der Waals surface area contributed by atoms with Crippen molar-refractivity contribution >= 4 is 5.69 Å². The molecular weight excluding hydrogens is 246 g/mol. The standard InChI is InChI=1S/C13H15N3O3/c1-10-4-5-12(7-13(10)16(18)19)15-8-11(14-9-15)3-2-6-17/h4-5,7-9,17H,2-3,6H2,1H3. The average molecular weight is 261 g/mol. The molecule has 1 N–H and O–H groups in total. The van der Waals surface area contributed by atoms with Gasteiger partial charge in [-0.05, 0) is 25.8 Å². The summed E-state index contributed by atoms with van der Waals surface area (Å²) >= 11 is 0. The molecule has 0 bridgehead atoms. The minimum Gasteiger partial charge on any atom is -0.396 e. The van der Waals surface area contributed by atoms with Gasteiger partial charge in [0.15, 0.2) is 0 Å². The molecule has 0 radical (unpaired) electrons. The second-order valence-electron chi connectivity index (χ2n) is 4.33. The molecule has 6 heteroatoms. The zero-order valence-electron chi connectivity index (χ0n) is 10.6. The van der Waals surface area contributed by atoms with Crippen molar-refractivity contribution in [3.05, 3.63) is 52.1 Å². The van der Waals surface area contributed by atoms with Crippen LogP contribution in [0.25, 0.3) is 5.69 Å². The molecule has 0 unspecified atom stereocenters. The Balaban J connectivity index is 2.29. The van der Waals surface area contributed by atoms with E-state index in [1.807, 2.05) is 12.3 Å². The molecule has 1 heterocycles. The van der Waals surface area contributed by atoms with Crippen LogP contribution in [0.15, 0.2) is 30.7 Å². The van der Waals surface area contributed by atoms with E-state index in [0.29, 0.717) is 24.1 Å². The monoisotopic (exact) mass is 261 g/mol. The van der Waals surface area contributed by atoms with E-state index in [1.165, 1.54) is 6.07 Å². The van der Waals surface area contributed by atoms with Crippen LogP contribution in [0.2, 0.25) is 0 Å². The quantitative estimate of drug-likeness (QED) is 0.659. The Bertz CT molecular complexity index is 593. The van der Waals surface area contributed by atoms with Gasteiger partial charge in [0.1, 0.15) is 0 Å². The number of aryl methyl sites for hydroxylation is 2. The first-order chi connectivity index (χ1) is 9.11. The molecule has 0 fully saturated rings. The van der Waals surface area contributed by atoms with E-state index >= 15 is 0 Å². The Morgan fingerprint density at radius 1 is 1.47 bits per heavy atom. The lowest BCUT2D eigenvalue weighted by molar-refractivity contribution is -0.385. The molecule has 0 saturated carbocycles. The molecule has 19 heavy (non-hydrogen) atoms. The highest BCUT2D eigenvalue weighted by molar-refractivity contribution is 5.48. The smallest absolute Gasteiger partial charge is 0.274 e. The number of nitrogens with zero attached hydrogens (tertiary/aromatic N) is 3. The van der Waals surface area contributed by atoms with Crippen molar-refractivity contribution < 1.29 is 10.0 Å². The fourth-order valence-corrected chi connectivity index (χ4v) is 1.85. The van der Waals surface area contributed by atoms with E-state index in [4.69, 9.17) is 5.11 Å². The van der Waals surface area contributed by atoms with Gasteiger partial charge in [-0.15, -0.1) is 0 Å². The molecule has 6 nitrogen and oxygen atoms in total. The number of nitro benzene ring substituents is 1. The lowest BCUT2D eigenvalue weighted by Gasteiger charge is -2.03. The SMILES string of the molecule is Cc1ccc(-n2cnc(CCCO)c2)cc1[N+](=O)[O-]. The second kappa shape index (κ2) is 5.62. The van der Waals surface area contributed by atoms with E-state index in [0.717, 1.165) is 5.69 Å². The minimum atomic E-state index is -0.386. The minimum absolute atomic E-state index is 0.100. The number of aliphatic hydroxyl groups excluding tert-OH is 1. The molecule has 100 valence electrons. The van der Waals surface area contributed by atoms with E-state index < -0.39 is 0 Å². The Morgan fingerprint density at radius 3 is 2.95 bits per heavy atom. The lowest BCUT2D eigenvalue weighted by atomic mass is 10.2. The highest BCUT2D eigenvalue weighted by atomic mass is 16.6. The first-order valence-electron chi connectivity index (χ1n) is 6.01. The summed E-state index contributed by atoms with van der Waals surface area (Å²) < 4.78 is 1.75. The lowest BCUT2D eigenvalue weighted by Crippen LogP contribution is -1.96. The zero-order valence-corrected chi connectivity index (χ0v) is 10.6. The third kappa shape index (κ3) is 2.97. The van der Waals surface area contributed by atoms with Crippen LogP contribution in [0.5, 0.6) is 0 Å². The van der Waals surface area contributed by atoms with Crippen molar-refractivity contribution in [3.8, 4) is 5.69 Å². The van der Waals surface area contributed by atoms with Gasteiger partial charge in [0.25, 0.3) is 5.69 Å². The van der Waals surface area contributed by atoms with Crippen LogP contribution < -0.4 is 0 Å². The molecule has 1 aromatic carbocycles. The van der Waals surface area contributed by atoms with Crippen LogP contribution in [0.3, 0.4) is 0 Å². The van der Waals surface area contributed by atoms with Gasteiger partial charge in [-0.25, -0.2) is 4.98 Å². The summed E-state index contributed by atoms with van der Waals surface area (Å²) in [6, 6.07) is 5.08. The molecule has 0 saturated heterocycles. The highest BCUT2D eigenvalue weighted by Crippen LogP contribution is 2.21. The summed E-state index contributed by atoms with van der Waals surface area (Å²) in [7, 11) is 0. The van der Waals surface area contributed by atoms with Crippen LogP contribution >= 0.6 is 0 Å². The molecule has 0 amide bonds. The van der Waals surface area contributed by atoms with Gasteiger partial charge in [-0.2, -0.15) is 0 Å². The number of hydrogen-bond acceptors (Lipinski definition) is 4. The van der Waals surface area contributed by atoms with Gasteiger partial charge in [-0.1, -0.05) is 6.07 Å². The van der Waals surface area contributed by atoms with Gasteiger partial charge >= 0.3 is 0 Å². The molecule has 0 aliphatic heterocycles. The van der Waals surface area contributed by atoms with Crippen molar-refractivity contribution in [2.45, 2.75) is 19.8 Å². The van der Waals surface area contributed by atoms with Gasteiger partial charge in [0.2, 0.25) is 0 Å². The number of nitro groups is 1. The average Bonchev–Trinajstić information content (AvgIpc) is 2.85. The number of aliphatic hydroxyl groups is 1. The van der Waals surface area contributed by atoms with Crippen LogP contribution in [0.1, 0.15) is 17.7 Å². The van der Waals surface area contributed by atoms with Crippen molar-refractivity contribution in [2.75, 3.05) is 6.61 Å². The van der Waals surface area contributed by atoms with Crippen LogP contribution in [0.4, 0.5) is 5.69 Å². The predicted octanol–water partition coefficient (Wildman–Crippen LogP) is 2.01. The number of hydrogen-bond donors (Lipinski definition) is 1. The van der Waals surface area contributed by atoms with E-state index in [9.17, 15) is 10.1 Å². The molecule has 0 atom stereocenters. The Kier molecular flexibility index (Phi) is 3.91. The molecule has 2 rings (SSSR count). The summed E-state index contributed by atoms with van der Waals surface area (Å²) in [5, 5.41) is 19.7. The number of aromatic nitrogens is 2. The van der Waals surface area contributed by atoms with E-state index in [1.54, 1.807) is 23.9 Å². The Morgan fingerprint density at radius 2 is 2.26 bits per heavy atom. The van der Waals surface area contributed by atoms with Crippen molar-refractivity contribution in [1.82, 2.24) is 9.55 Å². The third-order valence-corrected chi connectivity index (χ3v) is 2.91. The fourth-order valence-electron chi connectivity index (χ4n) is 1.85. The topological polar surface area (TPSA) is 81.2 Å². The number of imidazole rings is 1.